The first-order valence-electron chi connectivity index (χ1n) is 6.09. The van der Waals surface area contributed by atoms with Crippen LogP contribution in [-0.4, -0.2) is 17.6 Å². The molecule has 3 nitrogen and oxygen atoms in total. The van der Waals surface area contributed by atoms with Crippen LogP contribution in [0.4, 0.5) is 5.13 Å². The Morgan fingerprint density at radius 2 is 2.25 bits per heavy atom. The summed E-state index contributed by atoms with van der Waals surface area (Å²) in [7, 11) is 0. The maximum Gasteiger partial charge on any atom is 0.186 e. The minimum absolute atomic E-state index is 0.103. The highest BCUT2D eigenvalue weighted by Gasteiger charge is 2.22. The lowest BCUT2D eigenvalue weighted by molar-refractivity contribution is 0.484. The van der Waals surface area contributed by atoms with Crippen LogP contribution in [0.3, 0.4) is 0 Å². The first kappa shape index (κ1) is 11.9. The van der Waals surface area contributed by atoms with Crippen LogP contribution in [0.2, 0.25) is 0 Å². The van der Waals surface area contributed by atoms with Gasteiger partial charge in [-0.05, 0) is 40.0 Å². The monoisotopic (exact) mass is 239 g/mol. The molecular weight excluding hydrogens is 218 g/mol. The molecule has 0 spiro atoms. The second-order valence-corrected chi connectivity index (χ2v) is 5.78. The second-order valence-electron chi connectivity index (χ2n) is 4.77. The summed E-state index contributed by atoms with van der Waals surface area (Å²) in [6, 6.07) is 0.728. The van der Waals surface area contributed by atoms with Gasteiger partial charge < -0.3 is 10.6 Å². The Kier molecular flexibility index (Phi) is 3.50. The predicted octanol–water partition coefficient (Wildman–Crippen LogP) is 2.85. The van der Waals surface area contributed by atoms with Gasteiger partial charge in [-0.1, -0.05) is 0 Å². The maximum atomic E-state index is 5.94. The van der Waals surface area contributed by atoms with Crippen molar-refractivity contribution in [3.8, 4) is 0 Å². The molecule has 2 rings (SSSR count). The van der Waals surface area contributed by atoms with Gasteiger partial charge in [0.1, 0.15) is 0 Å². The van der Waals surface area contributed by atoms with Gasteiger partial charge in [-0.25, -0.2) is 4.98 Å². The van der Waals surface area contributed by atoms with Crippen molar-refractivity contribution in [3.05, 3.63) is 10.6 Å². The normalized spacial score (nSPS) is 23.5. The molecule has 16 heavy (non-hydrogen) atoms. The third-order valence-electron chi connectivity index (χ3n) is 3.28. The minimum atomic E-state index is 0.103. The summed E-state index contributed by atoms with van der Waals surface area (Å²) in [6.45, 7) is 7.53. The Bertz CT molecular complexity index is 359. The van der Waals surface area contributed by atoms with Crippen LogP contribution in [0.15, 0.2) is 0 Å². The molecule has 2 N–H and O–H groups in total. The van der Waals surface area contributed by atoms with E-state index in [4.69, 9.17) is 5.73 Å². The lowest BCUT2D eigenvalue weighted by atomic mass is 10.1. The number of nitrogens with zero attached hydrogens (tertiary/aromatic N) is 2. The number of piperidine rings is 1. The molecule has 90 valence electrons. The van der Waals surface area contributed by atoms with Crippen molar-refractivity contribution in [3.63, 3.8) is 0 Å². The zero-order valence-electron chi connectivity index (χ0n) is 10.4. The third-order valence-corrected chi connectivity index (χ3v) is 4.68. The fourth-order valence-electron chi connectivity index (χ4n) is 2.32. The topological polar surface area (TPSA) is 42.2 Å². The van der Waals surface area contributed by atoms with Gasteiger partial charge in [0, 0.05) is 23.5 Å². The SMILES string of the molecule is Cc1nc(N2CCCCC2C)sc1C(C)N. The highest BCUT2D eigenvalue weighted by molar-refractivity contribution is 7.15. The molecule has 1 aromatic heterocycles. The van der Waals surface area contributed by atoms with Crippen LogP contribution in [0.1, 0.15) is 49.7 Å². The summed E-state index contributed by atoms with van der Waals surface area (Å²) in [4.78, 5) is 8.34. The molecule has 1 aliphatic rings. The van der Waals surface area contributed by atoms with Crippen LogP contribution in [0.25, 0.3) is 0 Å². The predicted molar refractivity (Wildman–Crippen MR) is 70.1 cm³/mol. The Labute approximate surface area is 102 Å². The number of nitrogens with two attached hydrogens (primary N) is 1. The Morgan fingerprint density at radius 1 is 1.50 bits per heavy atom. The summed E-state index contributed by atoms with van der Waals surface area (Å²) in [5.41, 5.74) is 7.05. The first-order valence-corrected chi connectivity index (χ1v) is 6.90. The zero-order valence-corrected chi connectivity index (χ0v) is 11.2. The van der Waals surface area contributed by atoms with Gasteiger partial charge in [0.25, 0.3) is 0 Å². The summed E-state index contributed by atoms with van der Waals surface area (Å²) in [5.74, 6) is 0. The maximum absolute atomic E-state index is 5.94. The van der Waals surface area contributed by atoms with Crippen LogP contribution < -0.4 is 10.6 Å². The van der Waals surface area contributed by atoms with E-state index < -0.39 is 0 Å². The molecule has 1 aliphatic heterocycles. The molecule has 0 amide bonds. The zero-order chi connectivity index (χ0) is 11.7. The fourth-order valence-corrected chi connectivity index (χ4v) is 3.47. The van der Waals surface area contributed by atoms with Crippen LogP contribution in [0.5, 0.6) is 0 Å². The van der Waals surface area contributed by atoms with E-state index in [1.165, 1.54) is 24.1 Å². The third kappa shape index (κ3) is 2.23. The van der Waals surface area contributed by atoms with Gasteiger partial charge in [-0.15, -0.1) is 11.3 Å². The van der Waals surface area contributed by atoms with Crippen molar-refractivity contribution in [1.29, 1.82) is 0 Å². The number of anilines is 1. The average Bonchev–Trinajstić information content (AvgIpc) is 2.61. The summed E-state index contributed by atoms with van der Waals surface area (Å²) < 4.78 is 0. The molecule has 2 atom stereocenters. The highest BCUT2D eigenvalue weighted by atomic mass is 32.1. The van der Waals surface area contributed by atoms with E-state index in [9.17, 15) is 0 Å². The molecule has 1 fully saturated rings. The van der Waals surface area contributed by atoms with E-state index in [0.29, 0.717) is 6.04 Å². The van der Waals surface area contributed by atoms with Gasteiger partial charge in [-0.3, -0.25) is 0 Å². The standard InChI is InChI=1S/C12H21N3S/c1-8-6-4-5-7-15(8)12-14-10(3)11(16-12)9(2)13/h8-9H,4-7,13H2,1-3H3. The quantitative estimate of drug-likeness (QED) is 0.863. The molecule has 0 aliphatic carbocycles. The molecule has 0 aromatic carbocycles. The summed E-state index contributed by atoms with van der Waals surface area (Å²) >= 11 is 1.77. The van der Waals surface area contributed by atoms with Gasteiger partial charge in [0.2, 0.25) is 0 Å². The van der Waals surface area contributed by atoms with Crippen LogP contribution in [-0.2, 0) is 0 Å². The Morgan fingerprint density at radius 3 is 2.81 bits per heavy atom. The van der Waals surface area contributed by atoms with E-state index in [1.54, 1.807) is 11.3 Å². The molecule has 0 bridgehead atoms. The largest absolute Gasteiger partial charge is 0.345 e. The van der Waals surface area contributed by atoms with Crippen molar-refractivity contribution in [2.24, 2.45) is 5.73 Å². The Balaban J connectivity index is 2.23. The first-order chi connectivity index (χ1) is 7.59. The average molecular weight is 239 g/mol. The van der Waals surface area contributed by atoms with E-state index in [2.05, 4.69) is 23.7 Å². The van der Waals surface area contributed by atoms with E-state index in [0.717, 1.165) is 17.4 Å². The molecule has 4 heteroatoms. The molecule has 1 saturated heterocycles. The van der Waals surface area contributed by atoms with Crippen molar-refractivity contribution in [2.45, 2.75) is 52.1 Å². The van der Waals surface area contributed by atoms with Crippen molar-refractivity contribution >= 4 is 16.5 Å². The van der Waals surface area contributed by atoms with E-state index in [1.807, 2.05) is 6.92 Å². The molecule has 2 heterocycles. The Hall–Kier alpha value is -0.610. The smallest absolute Gasteiger partial charge is 0.186 e. The number of hydrogen-bond acceptors (Lipinski definition) is 4. The summed E-state index contributed by atoms with van der Waals surface area (Å²) in [5, 5.41) is 1.16. The highest BCUT2D eigenvalue weighted by Crippen LogP contribution is 2.33. The molecule has 1 aromatic rings. The van der Waals surface area contributed by atoms with E-state index in [-0.39, 0.29) is 6.04 Å². The summed E-state index contributed by atoms with van der Waals surface area (Å²) in [6.07, 6.45) is 3.92. The van der Waals surface area contributed by atoms with Crippen LogP contribution >= 0.6 is 11.3 Å². The van der Waals surface area contributed by atoms with E-state index >= 15 is 0 Å². The number of aryl methyl sites for hydroxylation is 1. The second kappa shape index (κ2) is 4.72. The van der Waals surface area contributed by atoms with Crippen LogP contribution in [0, 0.1) is 6.92 Å². The molecule has 0 saturated carbocycles. The number of hydrogen-bond donors (Lipinski definition) is 1. The van der Waals surface area contributed by atoms with Gasteiger partial charge in [-0.2, -0.15) is 0 Å². The molecular formula is C12H21N3S. The number of thiazole rings is 1. The molecule has 0 radical (unpaired) electrons. The minimum Gasteiger partial charge on any atom is -0.345 e. The number of rotatable bonds is 2. The van der Waals surface area contributed by atoms with Crippen molar-refractivity contribution < 1.29 is 0 Å². The van der Waals surface area contributed by atoms with Gasteiger partial charge in [0.05, 0.1) is 5.69 Å². The number of aromatic nitrogens is 1. The van der Waals surface area contributed by atoms with Gasteiger partial charge >= 0.3 is 0 Å². The van der Waals surface area contributed by atoms with Gasteiger partial charge in [0.15, 0.2) is 5.13 Å². The van der Waals surface area contributed by atoms with Crippen molar-refractivity contribution in [1.82, 2.24) is 4.98 Å². The fraction of sp³-hybridized carbons (Fsp3) is 0.750. The van der Waals surface area contributed by atoms with Crippen molar-refractivity contribution in [2.75, 3.05) is 11.4 Å². The lowest BCUT2D eigenvalue weighted by Gasteiger charge is -2.33. The molecule has 2 unspecified atom stereocenters. The lowest BCUT2D eigenvalue weighted by Crippen LogP contribution is -2.37.